The lowest BCUT2D eigenvalue weighted by molar-refractivity contribution is -0.107. The molecule has 5 heavy (non-hydrogen) atoms. The van der Waals surface area contributed by atoms with Crippen molar-refractivity contribution in [2.75, 3.05) is 0 Å². The van der Waals surface area contributed by atoms with Crippen molar-refractivity contribution in [1.82, 2.24) is 0 Å². The molecule has 30 valence electrons. The van der Waals surface area contributed by atoms with Gasteiger partial charge in [-0.1, -0.05) is 6.04 Å². The molecule has 0 aliphatic heterocycles. The first-order valence-corrected chi connectivity index (χ1v) is 3.27. The van der Waals surface area contributed by atoms with E-state index in [1.54, 1.807) is 0 Å². The predicted octanol–water partition coefficient (Wildman–Crippen LogP) is -0.641. The minimum Gasteiger partial charge on any atom is -0.303 e. The summed E-state index contributed by atoms with van der Waals surface area (Å²) in [5.74, 6) is 0. The molecule has 0 saturated heterocycles. The zero-order chi connectivity index (χ0) is 4.12. The Hall–Kier alpha value is -0.113. The zero-order valence-corrected chi connectivity index (χ0v) is 5.40. The smallest absolute Gasteiger partial charge is 0.119 e. The molecule has 0 aromatic carbocycles. The van der Waals surface area contributed by atoms with E-state index in [0.29, 0.717) is 0 Å². The second kappa shape index (κ2) is 3.89. The van der Waals surface area contributed by atoms with Gasteiger partial charge in [-0.25, -0.2) is 0 Å². The number of hydrogen-bond donors (Lipinski definition) is 0. The van der Waals surface area contributed by atoms with Gasteiger partial charge >= 0.3 is 0 Å². The summed E-state index contributed by atoms with van der Waals surface area (Å²) in [7, 11) is 1.17. The van der Waals surface area contributed by atoms with Gasteiger partial charge in [-0.2, -0.15) is 0 Å². The third-order valence-corrected chi connectivity index (χ3v) is 0.984. The van der Waals surface area contributed by atoms with Gasteiger partial charge in [0, 0.05) is 10.2 Å². The number of hydrogen-bond acceptors (Lipinski definition) is 1. The van der Waals surface area contributed by atoms with E-state index in [1.165, 1.54) is 10.2 Å². The van der Waals surface area contributed by atoms with Crippen LogP contribution in [0.3, 0.4) is 0 Å². The molecule has 0 N–H and O–H groups in total. The average Bonchev–Trinajstić information content (AvgIpc) is 1.41. The van der Waals surface area contributed by atoms with Crippen molar-refractivity contribution in [2.24, 2.45) is 0 Å². The molecular formula is C3H8OSi. The molecule has 0 unspecified atom stereocenters. The Bertz CT molecular complexity index is 28.1. The second-order valence-electron chi connectivity index (χ2n) is 0.955. The number of carbonyl (C=O) groups excluding carboxylic acids is 1. The predicted molar refractivity (Wildman–Crippen MR) is 25.4 cm³/mol. The summed E-state index contributed by atoms with van der Waals surface area (Å²) in [5, 5.41) is 0. The molecule has 0 spiro atoms. The van der Waals surface area contributed by atoms with Gasteiger partial charge in [0.25, 0.3) is 0 Å². The fraction of sp³-hybridized carbons (Fsp3) is 0.667. The molecule has 0 heterocycles. The van der Waals surface area contributed by atoms with Gasteiger partial charge in [0.05, 0.1) is 0 Å². The van der Waals surface area contributed by atoms with Gasteiger partial charge in [0.1, 0.15) is 6.29 Å². The Kier molecular flexibility index (Phi) is 3.80. The van der Waals surface area contributed by atoms with Crippen LogP contribution in [-0.4, -0.2) is 16.5 Å². The molecule has 1 nitrogen and oxygen atoms in total. The maximum atomic E-state index is 9.43. The summed E-state index contributed by atoms with van der Waals surface area (Å²) in [4.78, 5) is 9.43. The van der Waals surface area contributed by atoms with Gasteiger partial charge < -0.3 is 4.79 Å². The van der Waals surface area contributed by atoms with E-state index >= 15 is 0 Å². The lowest BCUT2D eigenvalue weighted by atomic mass is 10.6. The summed E-state index contributed by atoms with van der Waals surface area (Å²) in [6.45, 7) is 0. The van der Waals surface area contributed by atoms with E-state index in [1.807, 2.05) is 0 Å². The highest BCUT2D eigenvalue weighted by Gasteiger charge is 1.67. The molecule has 0 aromatic heterocycles. The normalized spacial score (nSPS) is 8.00. The summed E-state index contributed by atoms with van der Waals surface area (Å²) >= 11 is 0. The van der Waals surface area contributed by atoms with Gasteiger partial charge in [0.15, 0.2) is 0 Å². The minimum atomic E-state index is 0.770. The maximum Gasteiger partial charge on any atom is 0.119 e. The van der Waals surface area contributed by atoms with Crippen molar-refractivity contribution in [1.29, 1.82) is 0 Å². The van der Waals surface area contributed by atoms with Crippen LogP contribution in [0.4, 0.5) is 0 Å². The fourth-order valence-corrected chi connectivity index (χ4v) is 0.354. The summed E-state index contributed by atoms with van der Waals surface area (Å²) < 4.78 is 0. The van der Waals surface area contributed by atoms with Crippen LogP contribution in [0.1, 0.15) is 6.42 Å². The molecule has 0 rings (SSSR count). The lowest BCUT2D eigenvalue weighted by Gasteiger charge is -1.68. The first-order valence-electron chi connectivity index (χ1n) is 1.85. The highest BCUT2D eigenvalue weighted by molar-refractivity contribution is 6.09. The molecule has 0 bridgehead atoms. The Morgan fingerprint density at radius 3 is 2.40 bits per heavy atom. The van der Waals surface area contributed by atoms with Crippen LogP contribution >= 0.6 is 0 Å². The molecule has 0 radical (unpaired) electrons. The van der Waals surface area contributed by atoms with Crippen LogP contribution in [-0.2, 0) is 4.79 Å². The summed E-state index contributed by atoms with van der Waals surface area (Å²) in [6, 6.07) is 1.11. The van der Waals surface area contributed by atoms with E-state index in [2.05, 4.69) is 0 Å². The maximum absolute atomic E-state index is 9.43. The van der Waals surface area contributed by atoms with Crippen molar-refractivity contribution in [3.8, 4) is 0 Å². The highest BCUT2D eigenvalue weighted by atomic mass is 28.1. The van der Waals surface area contributed by atoms with E-state index in [4.69, 9.17) is 0 Å². The van der Waals surface area contributed by atoms with Crippen LogP contribution in [0, 0.1) is 0 Å². The standard InChI is InChI=1S/C3H8OSi/c4-2-1-3-5/h2H,1,3H2,5H3. The summed E-state index contributed by atoms with van der Waals surface area (Å²) in [6.07, 6.45) is 1.74. The molecule has 0 fully saturated rings. The molecule has 0 saturated carbocycles. The minimum absolute atomic E-state index is 0.770. The quantitative estimate of drug-likeness (QED) is 0.324. The Morgan fingerprint density at radius 2 is 2.40 bits per heavy atom. The van der Waals surface area contributed by atoms with Crippen molar-refractivity contribution < 1.29 is 4.79 Å². The van der Waals surface area contributed by atoms with Crippen LogP contribution in [0.5, 0.6) is 0 Å². The Labute approximate surface area is 34.8 Å². The first kappa shape index (κ1) is 4.89. The topological polar surface area (TPSA) is 17.1 Å². The largest absolute Gasteiger partial charge is 0.303 e. The zero-order valence-electron chi connectivity index (χ0n) is 3.40. The van der Waals surface area contributed by atoms with Gasteiger partial charge in [-0.05, 0) is 6.42 Å². The first-order chi connectivity index (χ1) is 2.41. The average molecular weight is 88.2 g/mol. The van der Waals surface area contributed by atoms with E-state index in [-0.39, 0.29) is 0 Å². The van der Waals surface area contributed by atoms with Crippen molar-refractivity contribution in [2.45, 2.75) is 12.5 Å². The van der Waals surface area contributed by atoms with Crippen LogP contribution in [0.2, 0.25) is 6.04 Å². The second-order valence-corrected chi connectivity index (χ2v) is 1.96. The van der Waals surface area contributed by atoms with Crippen molar-refractivity contribution in [3.05, 3.63) is 0 Å². The van der Waals surface area contributed by atoms with Gasteiger partial charge in [-0.15, -0.1) is 0 Å². The number of carbonyl (C=O) groups is 1. The molecule has 0 amide bonds. The molecule has 0 aromatic rings. The SMILES string of the molecule is O=CCC[SiH3]. The van der Waals surface area contributed by atoms with E-state index < -0.39 is 0 Å². The van der Waals surface area contributed by atoms with Gasteiger partial charge in [-0.3, -0.25) is 0 Å². The third-order valence-electron chi connectivity index (χ3n) is 0.407. The van der Waals surface area contributed by atoms with Crippen molar-refractivity contribution >= 4 is 16.5 Å². The van der Waals surface area contributed by atoms with E-state index in [9.17, 15) is 4.79 Å². The molecule has 0 aliphatic rings. The number of aldehydes is 1. The van der Waals surface area contributed by atoms with Crippen LogP contribution < -0.4 is 0 Å². The lowest BCUT2D eigenvalue weighted by Crippen LogP contribution is -1.68. The fourth-order valence-electron chi connectivity index (χ4n) is 0.118. The van der Waals surface area contributed by atoms with Gasteiger partial charge in [0.2, 0.25) is 0 Å². The van der Waals surface area contributed by atoms with E-state index in [0.717, 1.165) is 18.8 Å². The highest BCUT2D eigenvalue weighted by Crippen LogP contribution is 1.71. The monoisotopic (exact) mass is 88.0 g/mol. The Balaban J connectivity index is 2.40. The Morgan fingerprint density at radius 1 is 1.80 bits per heavy atom. The molecule has 0 atom stereocenters. The summed E-state index contributed by atoms with van der Waals surface area (Å²) in [5.41, 5.74) is 0. The van der Waals surface area contributed by atoms with Crippen molar-refractivity contribution in [3.63, 3.8) is 0 Å². The van der Waals surface area contributed by atoms with Crippen LogP contribution in [0.25, 0.3) is 0 Å². The molecule has 2 heteroatoms. The number of rotatable bonds is 2. The molecular weight excluding hydrogens is 80.1 g/mol. The van der Waals surface area contributed by atoms with Crippen LogP contribution in [0.15, 0.2) is 0 Å². The molecule has 0 aliphatic carbocycles. The third kappa shape index (κ3) is 3.89.